The van der Waals surface area contributed by atoms with Crippen molar-refractivity contribution in [2.45, 2.75) is 11.4 Å². The molecule has 0 unspecified atom stereocenters. The number of nitrogens with one attached hydrogen (secondary N) is 1. The molecule has 0 aliphatic rings. The van der Waals surface area contributed by atoms with Crippen molar-refractivity contribution in [3.8, 4) is 0 Å². The lowest BCUT2D eigenvalue weighted by atomic mass is 10.1. The van der Waals surface area contributed by atoms with E-state index in [1.807, 2.05) is 4.72 Å². The molecule has 1 N–H and O–H groups in total. The van der Waals surface area contributed by atoms with Crippen LogP contribution < -0.4 is 4.72 Å². The van der Waals surface area contributed by atoms with Gasteiger partial charge in [0, 0.05) is 18.3 Å². The van der Waals surface area contributed by atoms with Gasteiger partial charge < -0.3 is 0 Å². The van der Waals surface area contributed by atoms with Gasteiger partial charge in [0.05, 0.1) is 17.0 Å². The molecule has 2 aromatic carbocycles. The Morgan fingerprint density at radius 1 is 0.967 bits per heavy atom. The molecule has 0 aliphatic carbocycles. The summed E-state index contributed by atoms with van der Waals surface area (Å²) in [5.41, 5.74) is -1.88. The molecule has 0 atom stereocenters. The third-order valence-electron chi connectivity index (χ3n) is 3.85. The fourth-order valence-electron chi connectivity index (χ4n) is 2.48. The summed E-state index contributed by atoms with van der Waals surface area (Å²) in [4.78, 5) is 9.44. The highest BCUT2D eigenvalue weighted by molar-refractivity contribution is 7.92. The lowest BCUT2D eigenvalue weighted by Crippen LogP contribution is -2.16. The highest BCUT2D eigenvalue weighted by Gasteiger charge is 2.27. The Bertz CT molecular complexity index is 1230. The summed E-state index contributed by atoms with van der Waals surface area (Å²) < 4.78 is 94.7. The molecule has 14 heteroatoms. The second-order valence-electron chi connectivity index (χ2n) is 5.78. The summed E-state index contributed by atoms with van der Waals surface area (Å²) in [6, 6.07) is 5.49. The molecular formula is C16H9F5N4O4S. The number of anilines is 1. The van der Waals surface area contributed by atoms with Crippen molar-refractivity contribution in [2.24, 2.45) is 0 Å². The fraction of sp³-hybridized carbons (Fsp3) is 0.0625. The summed E-state index contributed by atoms with van der Waals surface area (Å²) in [5.74, 6) is -11.1. The largest absolute Gasteiger partial charge is 0.289 e. The maximum Gasteiger partial charge on any atom is 0.289 e. The Labute approximate surface area is 164 Å². The SMILES string of the molecule is O=[N+]([O-])c1ccccc1S(=O)(=O)Nc1ccn(Cc2c(F)c(F)c(F)c(F)c2F)n1. The minimum absolute atomic E-state index is 0.406. The van der Waals surface area contributed by atoms with E-state index in [-0.39, 0.29) is 0 Å². The Morgan fingerprint density at radius 3 is 2.13 bits per heavy atom. The van der Waals surface area contributed by atoms with Crippen LogP contribution in [0.3, 0.4) is 0 Å². The lowest BCUT2D eigenvalue weighted by Gasteiger charge is -2.08. The Balaban J connectivity index is 1.89. The van der Waals surface area contributed by atoms with Crippen LogP contribution in [-0.2, 0) is 16.6 Å². The third kappa shape index (κ3) is 3.80. The van der Waals surface area contributed by atoms with E-state index in [0.29, 0.717) is 0 Å². The van der Waals surface area contributed by atoms with Crippen molar-refractivity contribution in [3.63, 3.8) is 0 Å². The standard InChI is InChI=1S/C16H9F5N4O4S/c17-12-8(13(18)15(20)16(21)14(12)19)7-24-6-5-11(22-24)23-30(28,29)10-4-2-1-3-9(10)25(26)27/h1-6H,7H2,(H,22,23). The second kappa shape index (κ2) is 7.70. The quantitative estimate of drug-likeness (QED) is 0.205. The van der Waals surface area contributed by atoms with Gasteiger partial charge in [-0.25, -0.2) is 30.4 Å². The number of para-hydroxylation sites is 1. The van der Waals surface area contributed by atoms with Gasteiger partial charge in [-0.15, -0.1) is 0 Å². The van der Waals surface area contributed by atoms with Gasteiger partial charge in [0.25, 0.3) is 15.7 Å². The number of halogens is 5. The van der Waals surface area contributed by atoms with Crippen molar-refractivity contribution < 1.29 is 35.3 Å². The second-order valence-corrected chi connectivity index (χ2v) is 7.43. The Morgan fingerprint density at radius 2 is 1.53 bits per heavy atom. The molecule has 8 nitrogen and oxygen atoms in total. The molecule has 0 saturated carbocycles. The van der Waals surface area contributed by atoms with Gasteiger partial charge in [0.1, 0.15) is 0 Å². The lowest BCUT2D eigenvalue weighted by molar-refractivity contribution is -0.387. The van der Waals surface area contributed by atoms with Crippen LogP contribution in [0.4, 0.5) is 33.5 Å². The summed E-state index contributed by atoms with van der Waals surface area (Å²) in [6.07, 6.45) is 1.01. The molecule has 30 heavy (non-hydrogen) atoms. The first-order valence-corrected chi connectivity index (χ1v) is 9.31. The van der Waals surface area contributed by atoms with Crippen molar-refractivity contribution in [1.82, 2.24) is 9.78 Å². The van der Waals surface area contributed by atoms with Gasteiger partial charge in [-0.2, -0.15) is 5.10 Å². The van der Waals surface area contributed by atoms with Crippen LogP contribution in [0.1, 0.15) is 5.56 Å². The number of aromatic nitrogens is 2. The molecule has 0 radical (unpaired) electrons. The zero-order valence-corrected chi connectivity index (χ0v) is 15.3. The molecule has 0 amide bonds. The highest BCUT2D eigenvalue weighted by atomic mass is 32.2. The van der Waals surface area contributed by atoms with Crippen LogP contribution in [0.15, 0.2) is 41.4 Å². The van der Waals surface area contributed by atoms with Crippen molar-refractivity contribution >= 4 is 21.5 Å². The van der Waals surface area contributed by atoms with Gasteiger partial charge in [0.15, 0.2) is 34.0 Å². The summed E-state index contributed by atoms with van der Waals surface area (Å²) in [7, 11) is -4.47. The molecule has 3 rings (SSSR count). The zero-order chi connectivity index (χ0) is 22.2. The number of nitro benzene ring substituents is 1. The van der Waals surface area contributed by atoms with Gasteiger partial charge in [-0.1, -0.05) is 12.1 Å². The van der Waals surface area contributed by atoms with Gasteiger partial charge in [-0.3, -0.25) is 19.5 Å². The summed E-state index contributed by atoms with van der Waals surface area (Å²) in [6.45, 7) is -0.904. The molecule has 0 fully saturated rings. The van der Waals surface area contributed by atoms with E-state index in [9.17, 15) is 40.5 Å². The van der Waals surface area contributed by atoms with Gasteiger partial charge in [-0.05, 0) is 6.07 Å². The number of benzene rings is 2. The van der Waals surface area contributed by atoms with Crippen LogP contribution in [0.2, 0.25) is 0 Å². The van der Waals surface area contributed by atoms with Gasteiger partial charge >= 0.3 is 0 Å². The molecule has 0 saturated heterocycles. The minimum Gasteiger partial charge on any atom is -0.266 e. The van der Waals surface area contributed by atoms with Crippen molar-refractivity contribution in [1.29, 1.82) is 0 Å². The first-order valence-electron chi connectivity index (χ1n) is 7.83. The highest BCUT2D eigenvalue weighted by Crippen LogP contribution is 2.26. The Hall–Kier alpha value is -3.55. The van der Waals surface area contributed by atoms with E-state index in [2.05, 4.69) is 5.10 Å². The van der Waals surface area contributed by atoms with Crippen LogP contribution in [0.25, 0.3) is 0 Å². The number of nitrogens with zero attached hydrogens (tertiary/aromatic N) is 3. The average molecular weight is 448 g/mol. The molecular weight excluding hydrogens is 439 g/mol. The third-order valence-corrected chi connectivity index (χ3v) is 5.25. The maximum absolute atomic E-state index is 13.8. The van der Waals surface area contributed by atoms with E-state index < -0.39 is 72.5 Å². The van der Waals surface area contributed by atoms with Crippen LogP contribution in [0, 0.1) is 39.2 Å². The Kier molecular flexibility index (Phi) is 5.43. The number of hydrogen-bond acceptors (Lipinski definition) is 5. The molecule has 3 aromatic rings. The minimum atomic E-state index is -4.47. The normalized spacial score (nSPS) is 11.5. The monoisotopic (exact) mass is 448 g/mol. The topological polar surface area (TPSA) is 107 Å². The number of rotatable bonds is 6. The van der Waals surface area contributed by atoms with Gasteiger partial charge in [0.2, 0.25) is 5.82 Å². The van der Waals surface area contributed by atoms with E-state index in [4.69, 9.17) is 0 Å². The van der Waals surface area contributed by atoms with Crippen molar-refractivity contribution in [2.75, 3.05) is 4.72 Å². The first kappa shape index (κ1) is 21.2. The predicted molar refractivity (Wildman–Crippen MR) is 91.5 cm³/mol. The average Bonchev–Trinajstić information content (AvgIpc) is 3.14. The summed E-state index contributed by atoms with van der Waals surface area (Å²) >= 11 is 0. The maximum atomic E-state index is 13.8. The number of sulfonamides is 1. The molecule has 158 valence electrons. The molecule has 0 aliphatic heterocycles. The van der Waals surface area contributed by atoms with Crippen LogP contribution in [-0.4, -0.2) is 23.1 Å². The van der Waals surface area contributed by atoms with E-state index in [1.54, 1.807) is 0 Å². The van der Waals surface area contributed by atoms with Crippen molar-refractivity contribution in [3.05, 3.63) is 81.3 Å². The zero-order valence-electron chi connectivity index (χ0n) is 14.4. The summed E-state index contributed by atoms with van der Waals surface area (Å²) in [5, 5.41) is 14.6. The van der Waals surface area contributed by atoms with E-state index in [1.165, 1.54) is 12.1 Å². The van der Waals surface area contributed by atoms with Crippen LogP contribution in [0.5, 0.6) is 0 Å². The molecule has 0 spiro atoms. The number of nitro groups is 1. The predicted octanol–water partition coefficient (Wildman–Crippen LogP) is 3.34. The molecule has 0 bridgehead atoms. The fourth-order valence-corrected chi connectivity index (χ4v) is 3.65. The molecule has 1 aromatic heterocycles. The number of hydrogen-bond donors (Lipinski definition) is 1. The van der Waals surface area contributed by atoms with E-state index >= 15 is 0 Å². The first-order chi connectivity index (χ1) is 14.0. The molecule has 1 heterocycles. The van der Waals surface area contributed by atoms with Crippen LogP contribution >= 0.6 is 0 Å². The van der Waals surface area contributed by atoms with E-state index in [0.717, 1.165) is 29.1 Å². The smallest absolute Gasteiger partial charge is 0.266 e.